The fourth-order valence-electron chi connectivity index (χ4n) is 2.85. The van der Waals surface area contributed by atoms with Crippen molar-refractivity contribution in [1.82, 2.24) is 0 Å². The molecule has 26 heavy (non-hydrogen) atoms. The van der Waals surface area contributed by atoms with Crippen LogP contribution in [0.15, 0.2) is 41.3 Å². The van der Waals surface area contributed by atoms with Gasteiger partial charge >= 0.3 is 0 Å². The number of carbonyl (C=O) groups is 1. The summed E-state index contributed by atoms with van der Waals surface area (Å²) in [6.07, 6.45) is 0. The minimum Gasteiger partial charge on any atom is -0.497 e. The van der Waals surface area contributed by atoms with Gasteiger partial charge < -0.3 is 14.8 Å². The van der Waals surface area contributed by atoms with Crippen LogP contribution in [-0.2, 0) is 14.8 Å². The molecule has 0 atom stereocenters. The van der Waals surface area contributed by atoms with Crippen LogP contribution >= 0.6 is 0 Å². The number of nitrogens with zero attached hydrogens (tertiary/aromatic N) is 1. The molecule has 0 bridgehead atoms. The Bertz CT molecular complexity index is 939. The molecule has 0 radical (unpaired) electrons. The van der Waals surface area contributed by atoms with Gasteiger partial charge in [0.05, 0.1) is 23.4 Å². The summed E-state index contributed by atoms with van der Waals surface area (Å²) < 4.78 is 38.3. The van der Waals surface area contributed by atoms with Gasteiger partial charge in [0, 0.05) is 12.6 Å². The molecular weight excluding hydrogens is 356 g/mol. The first-order valence-corrected chi connectivity index (χ1v) is 9.55. The molecule has 0 unspecified atom stereocenters. The van der Waals surface area contributed by atoms with Crippen LogP contribution in [0.25, 0.3) is 0 Å². The molecule has 3 rings (SSSR count). The maximum atomic E-state index is 13.2. The molecule has 1 aliphatic rings. The van der Waals surface area contributed by atoms with Gasteiger partial charge in [-0.3, -0.25) is 9.10 Å². The number of fused-ring (bicyclic) bond motifs is 1. The van der Waals surface area contributed by atoms with Crippen LogP contribution in [0.2, 0.25) is 0 Å². The van der Waals surface area contributed by atoms with E-state index in [0.717, 1.165) is 0 Å². The van der Waals surface area contributed by atoms with Crippen molar-refractivity contribution in [3.8, 4) is 11.5 Å². The normalized spacial score (nSPS) is 13.4. The van der Waals surface area contributed by atoms with Crippen molar-refractivity contribution in [2.24, 2.45) is 0 Å². The number of methoxy groups -OCH3 is 1. The molecule has 0 spiro atoms. The lowest BCUT2D eigenvalue weighted by atomic mass is 10.2. The molecule has 0 saturated heterocycles. The first-order chi connectivity index (χ1) is 12.4. The van der Waals surface area contributed by atoms with Crippen molar-refractivity contribution < 1.29 is 22.7 Å². The Balaban J connectivity index is 2.04. The van der Waals surface area contributed by atoms with E-state index in [4.69, 9.17) is 9.47 Å². The maximum absolute atomic E-state index is 13.2. The van der Waals surface area contributed by atoms with Gasteiger partial charge in [0.1, 0.15) is 11.5 Å². The second-order valence-electron chi connectivity index (χ2n) is 5.82. The fourth-order valence-corrected chi connectivity index (χ4v) is 4.55. The monoisotopic (exact) mass is 376 g/mol. The fraction of sp³-hybridized carbons (Fsp3) is 0.278. The average molecular weight is 376 g/mol. The number of hydrogen-bond acceptors (Lipinski definition) is 5. The van der Waals surface area contributed by atoms with Gasteiger partial charge in [0.25, 0.3) is 15.9 Å². The SMILES string of the molecule is CCN(c1ccc(OC)cc1)S(=O)(=O)c1cc2c(cc1C)NC(=O)CO2. The Morgan fingerprint density at radius 2 is 1.92 bits per heavy atom. The minimum atomic E-state index is -3.80. The number of sulfonamides is 1. The van der Waals surface area contributed by atoms with Crippen LogP contribution in [0.5, 0.6) is 11.5 Å². The third-order valence-electron chi connectivity index (χ3n) is 4.13. The zero-order chi connectivity index (χ0) is 18.9. The number of hydrogen-bond donors (Lipinski definition) is 1. The molecule has 1 aliphatic heterocycles. The van der Waals surface area contributed by atoms with Crippen molar-refractivity contribution in [3.63, 3.8) is 0 Å². The smallest absolute Gasteiger partial charge is 0.264 e. The molecule has 2 aromatic rings. The Kier molecular flexibility index (Phi) is 4.78. The number of aryl methyl sites for hydroxylation is 1. The number of carbonyl (C=O) groups excluding carboxylic acids is 1. The average Bonchev–Trinajstić information content (AvgIpc) is 2.61. The van der Waals surface area contributed by atoms with Gasteiger partial charge in [-0.2, -0.15) is 0 Å². The zero-order valence-electron chi connectivity index (χ0n) is 14.8. The highest BCUT2D eigenvalue weighted by atomic mass is 32.2. The van der Waals surface area contributed by atoms with Crippen LogP contribution in [-0.4, -0.2) is 34.6 Å². The molecule has 2 aromatic carbocycles. The topological polar surface area (TPSA) is 84.9 Å². The number of rotatable bonds is 5. The Morgan fingerprint density at radius 3 is 2.54 bits per heavy atom. The Hall–Kier alpha value is -2.74. The van der Waals surface area contributed by atoms with E-state index in [1.165, 1.54) is 10.4 Å². The van der Waals surface area contributed by atoms with Gasteiger partial charge in [0.2, 0.25) is 0 Å². The van der Waals surface area contributed by atoms with E-state index in [9.17, 15) is 13.2 Å². The van der Waals surface area contributed by atoms with E-state index in [0.29, 0.717) is 28.4 Å². The summed E-state index contributed by atoms with van der Waals surface area (Å²) in [7, 11) is -2.25. The van der Waals surface area contributed by atoms with Gasteiger partial charge in [-0.15, -0.1) is 0 Å². The highest BCUT2D eigenvalue weighted by Crippen LogP contribution is 2.35. The standard InChI is InChI=1S/C18H20N2O5S/c1-4-20(13-5-7-14(24-3)8-6-13)26(22,23)17-10-16-15(9-12(17)2)19-18(21)11-25-16/h5-10H,4,11H2,1-3H3,(H,19,21). The van der Waals surface area contributed by atoms with Crippen LogP contribution in [0.3, 0.4) is 0 Å². The summed E-state index contributed by atoms with van der Waals surface area (Å²) in [4.78, 5) is 11.6. The molecule has 1 amide bonds. The lowest BCUT2D eigenvalue weighted by Crippen LogP contribution is -2.32. The number of benzene rings is 2. The first-order valence-electron chi connectivity index (χ1n) is 8.11. The predicted octanol–water partition coefficient (Wildman–Crippen LogP) is 2.55. The van der Waals surface area contributed by atoms with E-state index >= 15 is 0 Å². The van der Waals surface area contributed by atoms with E-state index in [-0.39, 0.29) is 24.0 Å². The summed E-state index contributed by atoms with van der Waals surface area (Å²) in [6.45, 7) is 3.59. The van der Waals surface area contributed by atoms with Crippen molar-refractivity contribution in [2.45, 2.75) is 18.7 Å². The molecule has 0 fully saturated rings. The van der Waals surface area contributed by atoms with Gasteiger partial charge in [-0.1, -0.05) is 0 Å². The number of anilines is 2. The molecule has 1 heterocycles. The number of amides is 1. The highest BCUT2D eigenvalue weighted by Gasteiger charge is 2.28. The summed E-state index contributed by atoms with van der Waals surface area (Å²) in [5.74, 6) is 0.733. The summed E-state index contributed by atoms with van der Waals surface area (Å²) >= 11 is 0. The summed E-state index contributed by atoms with van der Waals surface area (Å²) in [5, 5.41) is 2.68. The second kappa shape index (κ2) is 6.87. The van der Waals surface area contributed by atoms with Gasteiger partial charge in [-0.05, 0) is 49.7 Å². The lowest BCUT2D eigenvalue weighted by Gasteiger charge is -2.26. The molecule has 0 aliphatic carbocycles. The van der Waals surface area contributed by atoms with E-state index < -0.39 is 10.0 Å². The third kappa shape index (κ3) is 3.20. The van der Waals surface area contributed by atoms with E-state index in [1.807, 2.05) is 0 Å². The second-order valence-corrected chi connectivity index (χ2v) is 7.65. The largest absolute Gasteiger partial charge is 0.497 e. The highest BCUT2D eigenvalue weighted by molar-refractivity contribution is 7.92. The van der Waals surface area contributed by atoms with Crippen molar-refractivity contribution in [2.75, 3.05) is 29.9 Å². The summed E-state index contributed by atoms with van der Waals surface area (Å²) in [5.41, 5.74) is 1.55. The van der Waals surface area contributed by atoms with E-state index in [1.54, 1.807) is 51.3 Å². The van der Waals surface area contributed by atoms with Gasteiger partial charge in [0.15, 0.2) is 6.61 Å². The quantitative estimate of drug-likeness (QED) is 0.867. The van der Waals surface area contributed by atoms with Crippen molar-refractivity contribution >= 4 is 27.3 Å². The summed E-state index contributed by atoms with van der Waals surface area (Å²) in [6, 6.07) is 9.90. The Morgan fingerprint density at radius 1 is 1.23 bits per heavy atom. The molecule has 0 saturated carbocycles. The molecule has 0 aromatic heterocycles. The lowest BCUT2D eigenvalue weighted by molar-refractivity contribution is -0.118. The zero-order valence-corrected chi connectivity index (χ0v) is 15.6. The van der Waals surface area contributed by atoms with Gasteiger partial charge in [-0.25, -0.2) is 8.42 Å². The van der Waals surface area contributed by atoms with Crippen LogP contribution in [0.4, 0.5) is 11.4 Å². The first kappa shape index (κ1) is 18.1. The van der Waals surface area contributed by atoms with Crippen molar-refractivity contribution in [1.29, 1.82) is 0 Å². The molecule has 1 N–H and O–H groups in total. The Labute approximate surface area is 152 Å². The van der Waals surface area contributed by atoms with Crippen LogP contribution in [0.1, 0.15) is 12.5 Å². The minimum absolute atomic E-state index is 0.133. The molecule has 8 heteroatoms. The van der Waals surface area contributed by atoms with E-state index in [2.05, 4.69) is 5.32 Å². The molecule has 138 valence electrons. The molecule has 7 nitrogen and oxygen atoms in total. The third-order valence-corrected chi connectivity index (χ3v) is 6.17. The van der Waals surface area contributed by atoms with Crippen molar-refractivity contribution in [3.05, 3.63) is 42.0 Å². The predicted molar refractivity (Wildman–Crippen MR) is 98.5 cm³/mol. The van der Waals surface area contributed by atoms with Crippen LogP contribution in [0, 0.1) is 6.92 Å². The number of ether oxygens (including phenoxy) is 2. The number of nitrogens with one attached hydrogen (secondary N) is 1. The maximum Gasteiger partial charge on any atom is 0.264 e. The van der Waals surface area contributed by atoms with Crippen LogP contribution < -0.4 is 19.1 Å². The molecular formula is C18H20N2O5S.